The van der Waals surface area contributed by atoms with Crippen LogP contribution in [0.3, 0.4) is 0 Å². The van der Waals surface area contributed by atoms with Crippen molar-refractivity contribution in [3.8, 4) is 0 Å². The number of pyridine rings is 1. The molecule has 1 aromatic heterocycles. The van der Waals surface area contributed by atoms with Crippen molar-refractivity contribution in [2.24, 2.45) is 0 Å². The van der Waals surface area contributed by atoms with Crippen LogP contribution in [0.4, 0.5) is 11.4 Å². The Labute approximate surface area is 148 Å². The molecule has 0 bridgehead atoms. The number of aryl methyl sites for hydroxylation is 1. The molecule has 25 heavy (non-hydrogen) atoms. The number of benzene rings is 1. The predicted molar refractivity (Wildman–Crippen MR) is 99.5 cm³/mol. The van der Waals surface area contributed by atoms with Gasteiger partial charge in [0, 0.05) is 43.4 Å². The Hall–Kier alpha value is -2.89. The van der Waals surface area contributed by atoms with Gasteiger partial charge in [0.2, 0.25) is 0 Å². The van der Waals surface area contributed by atoms with E-state index < -0.39 is 11.8 Å². The fraction of sp³-hybridized carbons (Fsp3) is 0.316. The van der Waals surface area contributed by atoms with Gasteiger partial charge >= 0.3 is 11.8 Å². The second kappa shape index (κ2) is 8.82. The molecule has 0 aliphatic rings. The van der Waals surface area contributed by atoms with E-state index in [2.05, 4.69) is 34.4 Å². The van der Waals surface area contributed by atoms with E-state index in [1.165, 1.54) is 0 Å². The van der Waals surface area contributed by atoms with Crippen molar-refractivity contribution in [1.29, 1.82) is 0 Å². The Morgan fingerprint density at radius 2 is 1.72 bits per heavy atom. The van der Waals surface area contributed by atoms with Gasteiger partial charge in [-0.1, -0.05) is 0 Å². The van der Waals surface area contributed by atoms with Gasteiger partial charge in [0.05, 0.1) is 0 Å². The van der Waals surface area contributed by atoms with E-state index in [4.69, 9.17) is 0 Å². The van der Waals surface area contributed by atoms with Crippen LogP contribution in [0.15, 0.2) is 42.7 Å². The Morgan fingerprint density at radius 3 is 2.32 bits per heavy atom. The van der Waals surface area contributed by atoms with Gasteiger partial charge in [-0.15, -0.1) is 0 Å². The van der Waals surface area contributed by atoms with E-state index in [0.29, 0.717) is 5.69 Å². The lowest BCUT2D eigenvalue weighted by Crippen LogP contribution is -2.35. The number of hydrogen-bond acceptors (Lipinski definition) is 4. The van der Waals surface area contributed by atoms with Crippen LogP contribution < -0.4 is 15.5 Å². The number of nitrogens with one attached hydrogen (secondary N) is 2. The maximum atomic E-state index is 12.1. The summed E-state index contributed by atoms with van der Waals surface area (Å²) in [4.78, 5) is 30.2. The molecule has 0 radical (unpaired) electrons. The summed E-state index contributed by atoms with van der Waals surface area (Å²) in [7, 11) is 0. The minimum atomic E-state index is -0.673. The van der Waals surface area contributed by atoms with Gasteiger partial charge in [0.25, 0.3) is 0 Å². The third-order valence-electron chi connectivity index (χ3n) is 4.00. The molecule has 0 saturated carbocycles. The van der Waals surface area contributed by atoms with Crippen LogP contribution in [-0.2, 0) is 16.1 Å². The number of aromatic nitrogens is 1. The average molecular weight is 340 g/mol. The van der Waals surface area contributed by atoms with Crippen LogP contribution in [0.5, 0.6) is 0 Å². The molecule has 2 aromatic rings. The van der Waals surface area contributed by atoms with Crippen LogP contribution in [0.1, 0.15) is 25.0 Å². The first-order valence-corrected chi connectivity index (χ1v) is 8.38. The summed E-state index contributed by atoms with van der Waals surface area (Å²) in [6.07, 6.45) is 3.28. The number of rotatable bonds is 6. The SMILES string of the molecule is CCN(CC)c1ccc(NC(=O)C(=O)NCc2ccncc2)c(C)c1. The van der Waals surface area contributed by atoms with E-state index in [0.717, 1.165) is 29.9 Å². The highest BCUT2D eigenvalue weighted by Gasteiger charge is 2.15. The molecular formula is C19H24N4O2. The van der Waals surface area contributed by atoms with Crippen molar-refractivity contribution in [2.45, 2.75) is 27.3 Å². The van der Waals surface area contributed by atoms with Crippen molar-refractivity contribution in [3.05, 3.63) is 53.9 Å². The van der Waals surface area contributed by atoms with E-state index in [1.807, 2.05) is 25.1 Å². The first kappa shape index (κ1) is 18.4. The van der Waals surface area contributed by atoms with Gasteiger partial charge in [-0.25, -0.2) is 0 Å². The molecule has 2 rings (SSSR count). The molecule has 0 saturated heterocycles. The third-order valence-corrected chi connectivity index (χ3v) is 4.00. The number of anilines is 2. The monoisotopic (exact) mass is 340 g/mol. The maximum Gasteiger partial charge on any atom is 0.313 e. The predicted octanol–water partition coefficient (Wildman–Crippen LogP) is 2.49. The van der Waals surface area contributed by atoms with E-state index in [1.54, 1.807) is 24.5 Å². The molecule has 0 unspecified atom stereocenters. The quantitative estimate of drug-likeness (QED) is 0.792. The van der Waals surface area contributed by atoms with Crippen molar-refractivity contribution in [2.75, 3.05) is 23.3 Å². The minimum absolute atomic E-state index is 0.286. The van der Waals surface area contributed by atoms with Crippen LogP contribution in [0.25, 0.3) is 0 Å². The van der Waals surface area contributed by atoms with Crippen LogP contribution >= 0.6 is 0 Å². The van der Waals surface area contributed by atoms with Crippen LogP contribution in [-0.4, -0.2) is 29.9 Å². The zero-order chi connectivity index (χ0) is 18.2. The molecule has 6 heteroatoms. The summed E-state index contributed by atoms with van der Waals surface area (Å²) in [6, 6.07) is 9.36. The normalized spacial score (nSPS) is 10.2. The van der Waals surface area contributed by atoms with Gasteiger partial charge in [0.15, 0.2) is 0 Å². The van der Waals surface area contributed by atoms with Gasteiger partial charge in [-0.05, 0) is 62.2 Å². The van der Waals surface area contributed by atoms with E-state index >= 15 is 0 Å². The van der Waals surface area contributed by atoms with Gasteiger partial charge < -0.3 is 15.5 Å². The molecule has 132 valence electrons. The summed E-state index contributed by atoms with van der Waals surface area (Å²) in [6.45, 7) is 8.23. The molecule has 0 aliphatic heterocycles. The number of carbonyl (C=O) groups is 2. The lowest BCUT2D eigenvalue weighted by Gasteiger charge is -2.22. The van der Waals surface area contributed by atoms with E-state index in [9.17, 15) is 9.59 Å². The third kappa shape index (κ3) is 5.04. The molecular weight excluding hydrogens is 316 g/mol. The maximum absolute atomic E-state index is 12.1. The molecule has 1 aromatic carbocycles. The standard InChI is InChI=1S/C19H24N4O2/c1-4-23(5-2)16-6-7-17(14(3)12-16)22-19(25)18(24)21-13-15-8-10-20-11-9-15/h6-12H,4-5,13H2,1-3H3,(H,21,24)(H,22,25). The van der Waals surface area contributed by atoms with Crippen LogP contribution in [0.2, 0.25) is 0 Å². The van der Waals surface area contributed by atoms with Crippen molar-refractivity contribution >= 4 is 23.2 Å². The average Bonchev–Trinajstić information content (AvgIpc) is 2.63. The lowest BCUT2D eigenvalue weighted by atomic mass is 10.1. The Kier molecular flexibility index (Phi) is 6.51. The molecule has 2 amide bonds. The zero-order valence-electron chi connectivity index (χ0n) is 14.9. The molecule has 1 heterocycles. The summed E-state index contributed by atoms with van der Waals surface area (Å²) in [5.74, 6) is -1.34. The van der Waals surface area contributed by atoms with Gasteiger partial charge in [0.1, 0.15) is 0 Å². The van der Waals surface area contributed by atoms with Crippen molar-refractivity contribution in [3.63, 3.8) is 0 Å². The first-order valence-electron chi connectivity index (χ1n) is 8.38. The summed E-state index contributed by atoms with van der Waals surface area (Å²) < 4.78 is 0. The molecule has 6 nitrogen and oxygen atoms in total. The van der Waals surface area contributed by atoms with Crippen LogP contribution in [0, 0.1) is 6.92 Å². The summed E-state index contributed by atoms with van der Waals surface area (Å²) in [5, 5.41) is 5.27. The number of hydrogen-bond donors (Lipinski definition) is 2. The molecule has 0 atom stereocenters. The summed E-state index contributed by atoms with van der Waals surface area (Å²) in [5.41, 5.74) is 3.54. The largest absolute Gasteiger partial charge is 0.372 e. The van der Waals surface area contributed by atoms with Gasteiger partial charge in [-0.3, -0.25) is 14.6 Å². The van der Waals surface area contributed by atoms with Gasteiger partial charge in [-0.2, -0.15) is 0 Å². The number of carbonyl (C=O) groups excluding carboxylic acids is 2. The molecule has 0 spiro atoms. The molecule has 0 aliphatic carbocycles. The van der Waals surface area contributed by atoms with E-state index in [-0.39, 0.29) is 6.54 Å². The highest BCUT2D eigenvalue weighted by molar-refractivity contribution is 6.39. The minimum Gasteiger partial charge on any atom is -0.372 e. The Balaban J connectivity index is 1.96. The smallest absolute Gasteiger partial charge is 0.313 e. The fourth-order valence-corrected chi connectivity index (χ4v) is 2.52. The highest BCUT2D eigenvalue weighted by atomic mass is 16.2. The zero-order valence-corrected chi connectivity index (χ0v) is 14.9. The lowest BCUT2D eigenvalue weighted by molar-refractivity contribution is -0.136. The topological polar surface area (TPSA) is 74.3 Å². The second-order valence-electron chi connectivity index (χ2n) is 5.66. The molecule has 0 fully saturated rings. The van der Waals surface area contributed by atoms with Crippen molar-refractivity contribution < 1.29 is 9.59 Å². The highest BCUT2D eigenvalue weighted by Crippen LogP contribution is 2.22. The van der Waals surface area contributed by atoms with Crippen molar-refractivity contribution in [1.82, 2.24) is 10.3 Å². The first-order chi connectivity index (χ1) is 12.0. The Bertz CT molecular complexity index is 727. The number of nitrogens with zero attached hydrogens (tertiary/aromatic N) is 2. The Morgan fingerprint density at radius 1 is 1.04 bits per heavy atom. The second-order valence-corrected chi connectivity index (χ2v) is 5.66. The fourth-order valence-electron chi connectivity index (χ4n) is 2.52. The summed E-state index contributed by atoms with van der Waals surface area (Å²) >= 11 is 0. The molecule has 2 N–H and O–H groups in total. The number of amides is 2.